The van der Waals surface area contributed by atoms with E-state index in [9.17, 15) is 14.0 Å². The lowest BCUT2D eigenvalue weighted by atomic mass is 10.1. The summed E-state index contributed by atoms with van der Waals surface area (Å²) in [6.45, 7) is 2.27. The molecule has 142 valence electrons. The molecule has 2 amide bonds. The van der Waals surface area contributed by atoms with Gasteiger partial charge in [-0.3, -0.25) is 14.6 Å². The zero-order valence-electron chi connectivity index (χ0n) is 14.8. The molecule has 8 heteroatoms. The van der Waals surface area contributed by atoms with Crippen molar-refractivity contribution in [2.45, 2.75) is 31.8 Å². The number of carbonyl (C=O) groups is 2. The van der Waals surface area contributed by atoms with Crippen LogP contribution in [0.1, 0.15) is 17.7 Å². The van der Waals surface area contributed by atoms with Crippen molar-refractivity contribution in [1.82, 2.24) is 10.3 Å². The molecule has 3 rings (SSSR count). The number of rotatable bonds is 5. The topological polar surface area (TPSA) is 88.3 Å². The third kappa shape index (κ3) is 4.26. The molecule has 2 aromatic rings. The van der Waals surface area contributed by atoms with E-state index >= 15 is 0 Å². The van der Waals surface area contributed by atoms with Crippen LogP contribution in [0.2, 0.25) is 5.02 Å². The fraction of sp³-hybridized carbons (Fsp3) is 0.316. The highest BCUT2D eigenvalue weighted by Gasteiger charge is 2.34. The first-order chi connectivity index (χ1) is 12.9. The monoisotopic (exact) mass is 390 g/mol. The van der Waals surface area contributed by atoms with E-state index < -0.39 is 23.8 Å². The zero-order chi connectivity index (χ0) is 19.6. The maximum absolute atomic E-state index is 13.7. The van der Waals surface area contributed by atoms with Gasteiger partial charge < -0.3 is 16.0 Å². The van der Waals surface area contributed by atoms with E-state index in [1.54, 1.807) is 12.3 Å². The first kappa shape index (κ1) is 19.3. The second-order valence-electron chi connectivity index (χ2n) is 6.52. The molecule has 1 aromatic heterocycles. The van der Waals surface area contributed by atoms with Gasteiger partial charge in [0.1, 0.15) is 11.9 Å². The van der Waals surface area contributed by atoms with E-state index in [1.807, 2.05) is 19.1 Å². The summed E-state index contributed by atoms with van der Waals surface area (Å²) < 4.78 is 13.7. The predicted molar refractivity (Wildman–Crippen MR) is 101 cm³/mol. The molecule has 1 saturated heterocycles. The van der Waals surface area contributed by atoms with E-state index in [0.717, 1.165) is 11.3 Å². The molecule has 1 aliphatic heterocycles. The van der Waals surface area contributed by atoms with Gasteiger partial charge in [0.15, 0.2) is 0 Å². The lowest BCUT2D eigenvalue weighted by Gasteiger charge is -2.19. The van der Waals surface area contributed by atoms with Gasteiger partial charge in [0.05, 0.1) is 11.1 Å². The molecule has 0 bridgehead atoms. The minimum absolute atomic E-state index is 0.00830. The average Bonchev–Trinajstić information content (AvgIpc) is 3.00. The van der Waals surface area contributed by atoms with Crippen LogP contribution >= 0.6 is 11.6 Å². The molecular formula is C19H20ClFN4O2. The Morgan fingerprint density at radius 3 is 2.96 bits per heavy atom. The number of amides is 2. The molecule has 0 aliphatic carbocycles. The summed E-state index contributed by atoms with van der Waals surface area (Å²) in [7, 11) is 0. The fourth-order valence-electron chi connectivity index (χ4n) is 3.04. The third-order valence-electron chi connectivity index (χ3n) is 4.60. The van der Waals surface area contributed by atoms with Crippen molar-refractivity contribution in [1.29, 1.82) is 0 Å². The van der Waals surface area contributed by atoms with Crippen molar-refractivity contribution < 1.29 is 14.0 Å². The predicted octanol–water partition coefficient (Wildman–Crippen LogP) is 1.97. The Morgan fingerprint density at radius 1 is 1.48 bits per heavy atom. The first-order valence-electron chi connectivity index (χ1n) is 8.59. The van der Waals surface area contributed by atoms with Gasteiger partial charge in [0.2, 0.25) is 11.8 Å². The number of anilines is 1. The molecule has 0 radical (unpaired) electrons. The maximum Gasteiger partial charge on any atom is 0.249 e. The minimum Gasteiger partial charge on any atom is -0.343 e. The summed E-state index contributed by atoms with van der Waals surface area (Å²) in [5.41, 5.74) is 8.09. The highest BCUT2D eigenvalue weighted by molar-refractivity contribution is 6.30. The molecular weight excluding hydrogens is 371 g/mol. The minimum atomic E-state index is -0.812. The van der Waals surface area contributed by atoms with Crippen molar-refractivity contribution >= 4 is 29.1 Å². The summed E-state index contributed by atoms with van der Waals surface area (Å²) in [4.78, 5) is 30.6. The van der Waals surface area contributed by atoms with Crippen LogP contribution in [0.3, 0.4) is 0 Å². The zero-order valence-corrected chi connectivity index (χ0v) is 15.5. The van der Waals surface area contributed by atoms with Gasteiger partial charge in [0, 0.05) is 30.5 Å². The number of nitrogens with one attached hydrogen (secondary N) is 1. The lowest BCUT2D eigenvalue weighted by Crippen LogP contribution is -2.49. The average molecular weight is 391 g/mol. The number of aryl methyl sites for hydroxylation is 1. The van der Waals surface area contributed by atoms with Crippen LogP contribution in [0.4, 0.5) is 10.1 Å². The number of nitrogens with zero attached hydrogens (tertiary/aromatic N) is 2. The van der Waals surface area contributed by atoms with Crippen LogP contribution in [0.5, 0.6) is 0 Å². The number of nitrogens with two attached hydrogens (primary N) is 1. The van der Waals surface area contributed by atoms with Crippen LogP contribution in [0.15, 0.2) is 36.5 Å². The number of halogens is 2. The van der Waals surface area contributed by atoms with Crippen molar-refractivity contribution in [3.8, 4) is 0 Å². The second-order valence-corrected chi connectivity index (χ2v) is 6.92. The smallest absolute Gasteiger partial charge is 0.249 e. The standard InChI is InChI=1S/C19H20ClFN4O2/c1-11-3-2-7-23-17(11)10-15(22)18(26)24-16-6-8-25(19(16)27)12-4-5-13(20)14(21)9-12/h2-5,7,9,15-16H,6,8,10,22H2,1H3,(H,24,26). The Bertz CT molecular complexity index is 877. The number of hydrogen-bond acceptors (Lipinski definition) is 4. The van der Waals surface area contributed by atoms with E-state index in [2.05, 4.69) is 10.3 Å². The van der Waals surface area contributed by atoms with Crippen molar-refractivity contribution in [2.24, 2.45) is 5.73 Å². The summed E-state index contributed by atoms with van der Waals surface area (Å²) in [5.74, 6) is -1.31. The van der Waals surface area contributed by atoms with E-state index in [1.165, 1.54) is 17.0 Å². The normalized spacial score (nSPS) is 17.9. The van der Waals surface area contributed by atoms with Crippen molar-refractivity contribution in [3.63, 3.8) is 0 Å². The molecule has 27 heavy (non-hydrogen) atoms. The largest absolute Gasteiger partial charge is 0.343 e. The van der Waals surface area contributed by atoms with E-state index in [-0.39, 0.29) is 17.4 Å². The van der Waals surface area contributed by atoms with Crippen LogP contribution in [0.25, 0.3) is 0 Å². The molecule has 0 saturated carbocycles. The molecule has 2 atom stereocenters. The Morgan fingerprint density at radius 2 is 2.26 bits per heavy atom. The number of aromatic nitrogens is 1. The molecule has 6 nitrogen and oxygen atoms in total. The van der Waals surface area contributed by atoms with Crippen LogP contribution in [-0.4, -0.2) is 35.4 Å². The first-order valence-corrected chi connectivity index (χ1v) is 8.97. The molecule has 1 aliphatic rings. The van der Waals surface area contributed by atoms with Gasteiger partial charge in [-0.25, -0.2) is 4.39 Å². The van der Waals surface area contributed by atoms with E-state index in [0.29, 0.717) is 18.7 Å². The molecule has 1 aromatic carbocycles. The van der Waals surface area contributed by atoms with Crippen molar-refractivity contribution in [3.05, 3.63) is 58.6 Å². The fourth-order valence-corrected chi connectivity index (χ4v) is 3.15. The third-order valence-corrected chi connectivity index (χ3v) is 4.91. The molecule has 2 heterocycles. The summed E-state index contributed by atoms with van der Waals surface area (Å²) in [5, 5.41) is 2.68. The summed E-state index contributed by atoms with van der Waals surface area (Å²) >= 11 is 5.68. The number of carbonyl (C=O) groups excluding carboxylic acids is 2. The van der Waals surface area contributed by atoms with Gasteiger partial charge in [-0.15, -0.1) is 0 Å². The van der Waals surface area contributed by atoms with Gasteiger partial charge >= 0.3 is 0 Å². The highest BCUT2D eigenvalue weighted by atomic mass is 35.5. The Hall–Kier alpha value is -2.51. The lowest BCUT2D eigenvalue weighted by molar-refractivity contribution is -0.127. The van der Waals surface area contributed by atoms with Crippen LogP contribution < -0.4 is 16.0 Å². The second kappa shape index (κ2) is 8.02. The summed E-state index contributed by atoms with van der Waals surface area (Å²) in [6.07, 6.45) is 2.35. The van der Waals surface area contributed by atoms with Crippen LogP contribution in [0, 0.1) is 12.7 Å². The Kier molecular flexibility index (Phi) is 5.72. The molecule has 3 N–H and O–H groups in total. The van der Waals surface area contributed by atoms with E-state index in [4.69, 9.17) is 17.3 Å². The number of pyridine rings is 1. The van der Waals surface area contributed by atoms with Gasteiger partial charge in [-0.05, 0) is 43.2 Å². The highest BCUT2D eigenvalue weighted by Crippen LogP contribution is 2.25. The maximum atomic E-state index is 13.7. The SMILES string of the molecule is Cc1cccnc1CC(N)C(=O)NC1CCN(c2ccc(Cl)c(F)c2)C1=O. The van der Waals surface area contributed by atoms with Gasteiger partial charge in [-0.2, -0.15) is 0 Å². The quantitative estimate of drug-likeness (QED) is 0.817. The number of benzene rings is 1. The molecule has 0 spiro atoms. The molecule has 2 unspecified atom stereocenters. The van der Waals surface area contributed by atoms with Gasteiger partial charge in [0.25, 0.3) is 0 Å². The number of hydrogen-bond donors (Lipinski definition) is 2. The van der Waals surface area contributed by atoms with Crippen molar-refractivity contribution in [2.75, 3.05) is 11.4 Å². The van der Waals surface area contributed by atoms with Gasteiger partial charge in [-0.1, -0.05) is 17.7 Å². The summed E-state index contributed by atoms with van der Waals surface area (Å²) in [6, 6.07) is 6.40. The Balaban J connectivity index is 1.62. The Labute approximate surface area is 161 Å². The molecule has 1 fully saturated rings. The van der Waals surface area contributed by atoms with Crippen LogP contribution in [-0.2, 0) is 16.0 Å².